The Balaban J connectivity index is 1.07. The molecule has 264 valence electrons. The van der Waals surface area contributed by atoms with Crippen LogP contribution in [0.5, 0.6) is 0 Å². The predicted molar refractivity (Wildman–Crippen MR) is 231 cm³/mol. The van der Waals surface area contributed by atoms with Gasteiger partial charge in [0.15, 0.2) is 5.82 Å². The lowest BCUT2D eigenvalue weighted by atomic mass is 9.43. The first-order chi connectivity index (χ1) is 27.0. The molecule has 4 saturated carbocycles. The molecule has 5 aliphatic carbocycles. The molecule has 4 fully saturated rings. The summed E-state index contributed by atoms with van der Waals surface area (Å²) in [5, 5.41) is 9.77. The average Bonchev–Trinajstić information content (AvgIpc) is 3.64. The normalized spacial score (nSPS) is 24.8. The Morgan fingerprint density at radius 1 is 0.527 bits per heavy atom. The van der Waals surface area contributed by atoms with E-state index in [2.05, 4.69) is 147 Å². The van der Waals surface area contributed by atoms with Gasteiger partial charge in [-0.1, -0.05) is 134 Å². The van der Waals surface area contributed by atoms with Crippen molar-refractivity contribution in [3.05, 3.63) is 145 Å². The lowest BCUT2D eigenvalue weighted by Crippen LogP contribution is -2.60. The Bertz CT molecular complexity index is 2950. The Morgan fingerprint density at radius 2 is 1.16 bits per heavy atom. The highest BCUT2D eigenvalue weighted by molar-refractivity contribution is 7.05. The van der Waals surface area contributed by atoms with Gasteiger partial charge in [-0.15, -0.1) is 0 Å². The molecule has 6 aliphatic rings. The van der Waals surface area contributed by atoms with E-state index in [1.54, 1.807) is 21.5 Å². The van der Waals surface area contributed by atoms with Crippen molar-refractivity contribution < 1.29 is 0 Å². The average molecular weight is 723 g/mol. The minimum atomic E-state index is -2.11. The number of aromatic nitrogens is 2. The minimum Gasteiger partial charge on any atom is -0.228 e. The second-order valence-electron chi connectivity index (χ2n) is 18.1. The molecule has 2 heterocycles. The van der Waals surface area contributed by atoms with E-state index in [4.69, 9.17) is 9.97 Å². The van der Waals surface area contributed by atoms with Crippen LogP contribution in [-0.2, 0) is 5.41 Å². The van der Waals surface area contributed by atoms with Crippen LogP contribution in [0.15, 0.2) is 133 Å². The molecule has 55 heavy (non-hydrogen) atoms. The van der Waals surface area contributed by atoms with Gasteiger partial charge in [0.05, 0.1) is 11.2 Å². The van der Waals surface area contributed by atoms with Crippen molar-refractivity contribution in [1.29, 1.82) is 0 Å². The smallest absolute Gasteiger partial charge is 0.160 e. The molecule has 14 rings (SSSR count). The topological polar surface area (TPSA) is 25.8 Å². The van der Waals surface area contributed by atoms with Gasteiger partial charge in [-0.2, -0.15) is 0 Å². The van der Waals surface area contributed by atoms with Gasteiger partial charge in [0.25, 0.3) is 0 Å². The fourth-order valence-electron chi connectivity index (χ4n) is 13.4. The Kier molecular flexibility index (Phi) is 6.00. The first kappa shape index (κ1) is 30.9. The highest BCUT2D eigenvalue weighted by atomic mass is 28.3. The summed E-state index contributed by atoms with van der Waals surface area (Å²) in [6, 6.07) is 50.2. The van der Waals surface area contributed by atoms with Gasteiger partial charge in [0, 0.05) is 21.9 Å². The summed E-state index contributed by atoms with van der Waals surface area (Å²) < 4.78 is 0. The maximum absolute atomic E-state index is 5.48. The van der Waals surface area contributed by atoms with E-state index < -0.39 is 8.07 Å². The summed E-state index contributed by atoms with van der Waals surface area (Å²) >= 11 is 0. The molecule has 1 spiro atoms. The molecule has 7 aromatic carbocycles. The first-order valence-electron chi connectivity index (χ1n) is 20.6. The third kappa shape index (κ3) is 3.90. The zero-order valence-electron chi connectivity index (χ0n) is 31.4. The van der Waals surface area contributed by atoms with Crippen LogP contribution in [0.3, 0.4) is 0 Å². The molecule has 1 aromatic heterocycles. The van der Waals surface area contributed by atoms with E-state index in [-0.39, 0.29) is 5.41 Å². The number of nitrogens with zero attached hydrogens (tertiary/aromatic N) is 2. The number of fused-ring (bicyclic) bond motifs is 12. The van der Waals surface area contributed by atoms with Gasteiger partial charge in [0.2, 0.25) is 0 Å². The quantitative estimate of drug-likeness (QED) is 0.131. The van der Waals surface area contributed by atoms with Crippen LogP contribution in [0, 0.1) is 23.7 Å². The zero-order chi connectivity index (χ0) is 36.2. The van der Waals surface area contributed by atoms with Crippen LogP contribution < -0.4 is 10.4 Å². The van der Waals surface area contributed by atoms with Crippen molar-refractivity contribution in [2.75, 3.05) is 0 Å². The molecule has 0 saturated heterocycles. The lowest BCUT2D eigenvalue weighted by molar-refractivity contribution is -0.0395. The van der Waals surface area contributed by atoms with E-state index >= 15 is 0 Å². The van der Waals surface area contributed by atoms with Crippen LogP contribution in [0.2, 0.25) is 13.1 Å². The van der Waals surface area contributed by atoms with Gasteiger partial charge in [-0.3, -0.25) is 0 Å². The third-order valence-corrected chi connectivity index (χ3v) is 18.7. The van der Waals surface area contributed by atoms with E-state index in [0.717, 1.165) is 45.4 Å². The summed E-state index contributed by atoms with van der Waals surface area (Å²) in [6.45, 7) is 5.33. The molecular formula is C52H42N2Si. The molecule has 3 heteroatoms. The highest BCUT2D eigenvalue weighted by Gasteiger charge is 2.63. The monoisotopic (exact) mass is 722 g/mol. The Labute approximate surface area is 323 Å². The number of hydrogen-bond acceptors (Lipinski definition) is 2. The second kappa shape index (κ2) is 10.7. The van der Waals surface area contributed by atoms with Gasteiger partial charge in [-0.05, 0) is 133 Å². The van der Waals surface area contributed by atoms with E-state index in [0.29, 0.717) is 11.8 Å². The summed E-state index contributed by atoms with van der Waals surface area (Å²) in [6.07, 6.45) is 7.01. The van der Waals surface area contributed by atoms with Crippen LogP contribution >= 0.6 is 0 Å². The fraction of sp³-hybridized carbons (Fsp3) is 0.231. The van der Waals surface area contributed by atoms with Gasteiger partial charge in [0.1, 0.15) is 8.07 Å². The molecule has 0 radical (unpaired) electrons. The maximum atomic E-state index is 5.48. The molecule has 2 nitrogen and oxygen atoms in total. The third-order valence-electron chi connectivity index (χ3n) is 15.2. The molecule has 0 N–H and O–H groups in total. The van der Waals surface area contributed by atoms with E-state index in [1.165, 1.54) is 75.9 Å². The van der Waals surface area contributed by atoms with E-state index in [9.17, 15) is 0 Å². The summed E-state index contributed by atoms with van der Waals surface area (Å²) in [5.41, 5.74) is 13.6. The van der Waals surface area contributed by atoms with Crippen molar-refractivity contribution in [3.8, 4) is 44.9 Å². The van der Waals surface area contributed by atoms with Crippen molar-refractivity contribution in [2.24, 2.45) is 23.7 Å². The fourth-order valence-corrected chi connectivity index (χ4v) is 17.3. The van der Waals surface area contributed by atoms with Crippen molar-refractivity contribution in [2.45, 2.75) is 50.6 Å². The molecule has 0 atom stereocenters. The van der Waals surface area contributed by atoms with Crippen molar-refractivity contribution >= 4 is 50.9 Å². The summed E-state index contributed by atoms with van der Waals surface area (Å²) in [5.74, 6) is 4.04. The molecule has 0 amide bonds. The van der Waals surface area contributed by atoms with Crippen molar-refractivity contribution in [1.82, 2.24) is 9.97 Å². The second-order valence-corrected chi connectivity index (χ2v) is 22.4. The molecule has 8 aromatic rings. The molecule has 0 unspecified atom stereocenters. The van der Waals surface area contributed by atoms with Crippen LogP contribution in [-0.4, -0.2) is 18.0 Å². The van der Waals surface area contributed by atoms with Crippen LogP contribution in [0.25, 0.3) is 77.3 Å². The van der Waals surface area contributed by atoms with Crippen LogP contribution in [0.4, 0.5) is 0 Å². The predicted octanol–water partition coefficient (Wildman–Crippen LogP) is 11.8. The molecule has 4 bridgehead atoms. The molecule has 1 aliphatic heterocycles. The Hall–Kier alpha value is -5.38. The lowest BCUT2D eigenvalue weighted by Gasteiger charge is -2.61. The zero-order valence-corrected chi connectivity index (χ0v) is 32.4. The van der Waals surface area contributed by atoms with Crippen LogP contribution in [0.1, 0.15) is 43.2 Å². The largest absolute Gasteiger partial charge is 0.228 e. The summed E-state index contributed by atoms with van der Waals surface area (Å²) in [7, 11) is -2.11. The van der Waals surface area contributed by atoms with Gasteiger partial charge in [-0.25, -0.2) is 9.97 Å². The first-order valence-corrected chi connectivity index (χ1v) is 23.6. The van der Waals surface area contributed by atoms with Gasteiger partial charge >= 0.3 is 0 Å². The number of benzene rings is 7. The van der Waals surface area contributed by atoms with Crippen molar-refractivity contribution in [3.63, 3.8) is 0 Å². The SMILES string of the molecule is C[Si]1(C)c2c(ccc3c2C2(c4ccc(-c5nc(-c6ccccc6)c6c(ccc7ccccc76)n5)cc4-3)C3CC4CC(C3)CC2C4)-c2ccc3ccccc3c21. The van der Waals surface area contributed by atoms with Gasteiger partial charge < -0.3 is 0 Å². The Morgan fingerprint density at radius 3 is 1.95 bits per heavy atom. The summed E-state index contributed by atoms with van der Waals surface area (Å²) in [4.78, 5) is 10.9. The minimum absolute atomic E-state index is 0.0857. The standard InChI is InChI=1S/C52H42N2Si/c1-55(2)49-39-15-9-7-11-33(39)16-19-41(49)42-21-20-40-43-29-35(17-22-44(43)52(47(40)50(42)55)36-25-30-24-31(27-36)28-37(52)26-30)51-53-45-23-18-32-10-6-8-14-38(32)46(45)48(54-51)34-12-4-3-5-13-34/h3-23,29-31,36-37H,24-28H2,1-2H3. The number of hydrogen-bond donors (Lipinski definition) is 0. The number of rotatable bonds is 2. The molecular weight excluding hydrogens is 681 g/mol. The van der Waals surface area contributed by atoms with E-state index in [1.807, 2.05) is 0 Å². The highest BCUT2D eigenvalue weighted by Crippen LogP contribution is 2.69. The maximum Gasteiger partial charge on any atom is 0.160 e.